The number of hydrogen-bond acceptors (Lipinski definition) is 3. The van der Waals surface area contributed by atoms with Gasteiger partial charge in [0.15, 0.2) is 8.32 Å². The minimum absolute atomic E-state index is 0.224. The molecule has 0 aromatic carbocycles. The standard InChI is InChI=1S/C18H30N2O3Si/c1-13-11-20(17(22)19-16(13)21)10-9-14-7-8-15(14)12-23-24(5,6)18(2,3)4/h9,11,15H,7-8,10,12H2,1-6H3,(H,19,21,22)/b14-9+. The number of aromatic nitrogens is 2. The van der Waals surface area contributed by atoms with E-state index in [1.54, 1.807) is 17.7 Å². The van der Waals surface area contributed by atoms with Crippen LogP contribution in [0.25, 0.3) is 0 Å². The summed E-state index contributed by atoms with van der Waals surface area (Å²) in [7, 11) is -1.71. The van der Waals surface area contributed by atoms with Crippen LogP contribution in [-0.2, 0) is 11.0 Å². The van der Waals surface area contributed by atoms with E-state index in [2.05, 4.69) is 44.9 Å². The van der Waals surface area contributed by atoms with Crippen molar-refractivity contribution in [2.75, 3.05) is 6.61 Å². The van der Waals surface area contributed by atoms with Crippen LogP contribution in [0, 0.1) is 12.8 Å². The van der Waals surface area contributed by atoms with Crippen molar-refractivity contribution >= 4 is 8.32 Å². The topological polar surface area (TPSA) is 64.1 Å². The lowest BCUT2D eigenvalue weighted by molar-refractivity contribution is 0.213. The van der Waals surface area contributed by atoms with Crippen molar-refractivity contribution in [3.8, 4) is 0 Å². The Kier molecular flexibility index (Phi) is 5.40. The van der Waals surface area contributed by atoms with Gasteiger partial charge in [-0.05, 0) is 37.9 Å². The van der Waals surface area contributed by atoms with Crippen LogP contribution in [0.15, 0.2) is 27.4 Å². The average Bonchev–Trinajstić information content (AvgIpc) is 2.42. The molecule has 0 bridgehead atoms. The van der Waals surface area contributed by atoms with E-state index in [1.165, 1.54) is 5.57 Å². The van der Waals surface area contributed by atoms with E-state index in [4.69, 9.17) is 4.43 Å². The molecule has 24 heavy (non-hydrogen) atoms. The lowest BCUT2D eigenvalue weighted by atomic mass is 9.80. The van der Waals surface area contributed by atoms with Gasteiger partial charge in [0.1, 0.15) is 0 Å². The monoisotopic (exact) mass is 350 g/mol. The minimum Gasteiger partial charge on any atom is -0.416 e. The highest BCUT2D eigenvalue weighted by atomic mass is 28.4. The number of nitrogens with one attached hydrogen (secondary N) is 1. The Hall–Kier alpha value is -1.40. The van der Waals surface area contributed by atoms with Crippen LogP contribution in [0.3, 0.4) is 0 Å². The molecule has 0 amide bonds. The third-order valence-electron chi connectivity index (χ3n) is 5.50. The first kappa shape index (κ1) is 18.9. The number of aromatic amines is 1. The van der Waals surface area contributed by atoms with Crippen LogP contribution < -0.4 is 11.2 Å². The molecule has 0 aliphatic heterocycles. The molecule has 1 aromatic rings. The van der Waals surface area contributed by atoms with Gasteiger partial charge in [-0.25, -0.2) is 4.79 Å². The van der Waals surface area contributed by atoms with Gasteiger partial charge in [-0.15, -0.1) is 0 Å². The number of H-pyrrole nitrogens is 1. The summed E-state index contributed by atoms with van der Waals surface area (Å²) in [4.78, 5) is 25.6. The summed E-state index contributed by atoms with van der Waals surface area (Å²) in [6, 6.07) is 0. The molecule has 1 fully saturated rings. The number of allylic oxidation sites excluding steroid dienone is 1. The molecule has 0 radical (unpaired) electrons. The van der Waals surface area contributed by atoms with E-state index in [0.29, 0.717) is 18.0 Å². The number of rotatable bonds is 5. The van der Waals surface area contributed by atoms with Crippen LogP contribution in [0.1, 0.15) is 39.2 Å². The smallest absolute Gasteiger partial charge is 0.328 e. The highest BCUT2D eigenvalue weighted by molar-refractivity contribution is 6.74. The first-order valence-electron chi connectivity index (χ1n) is 8.64. The summed E-state index contributed by atoms with van der Waals surface area (Å²) in [5, 5.41) is 0.224. The van der Waals surface area contributed by atoms with Crippen molar-refractivity contribution in [1.29, 1.82) is 0 Å². The summed E-state index contributed by atoms with van der Waals surface area (Å²) in [6.07, 6.45) is 5.96. The lowest BCUT2D eigenvalue weighted by Gasteiger charge is -2.39. The van der Waals surface area contributed by atoms with Gasteiger partial charge in [0.25, 0.3) is 5.56 Å². The zero-order valence-electron chi connectivity index (χ0n) is 15.7. The normalized spacial score (nSPS) is 20.2. The fraction of sp³-hybridized carbons (Fsp3) is 0.667. The zero-order chi connectivity index (χ0) is 18.1. The van der Waals surface area contributed by atoms with Crippen molar-refractivity contribution in [2.24, 2.45) is 5.92 Å². The van der Waals surface area contributed by atoms with Crippen molar-refractivity contribution in [3.05, 3.63) is 44.2 Å². The molecule has 1 aliphatic carbocycles. The van der Waals surface area contributed by atoms with Gasteiger partial charge in [-0.2, -0.15) is 0 Å². The van der Waals surface area contributed by atoms with Gasteiger partial charge < -0.3 is 4.43 Å². The molecule has 1 heterocycles. The largest absolute Gasteiger partial charge is 0.416 e. The number of nitrogens with zero attached hydrogens (tertiary/aromatic N) is 1. The van der Waals surface area contributed by atoms with Crippen LogP contribution in [-0.4, -0.2) is 24.5 Å². The van der Waals surface area contributed by atoms with E-state index in [0.717, 1.165) is 19.4 Å². The second kappa shape index (κ2) is 6.84. The predicted octanol–water partition coefficient (Wildman–Crippen LogP) is 3.20. The van der Waals surface area contributed by atoms with Crippen molar-refractivity contribution in [1.82, 2.24) is 9.55 Å². The Balaban J connectivity index is 1.99. The summed E-state index contributed by atoms with van der Waals surface area (Å²) in [6.45, 7) is 14.3. The summed E-state index contributed by atoms with van der Waals surface area (Å²) in [5.41, 5.74) is 1.26. The van der Waals surface area contributed by atoms with Gasteiger partial charge >= 0.3 is 5.69 Å². The Morgan fingerprint density at radius 2 is 2.04 bits per heavy atom. The maximum absolute atomic E-state index is 11.8. The molecule has 0 saturated heterocycles. The first-order valence-corrected chi connectivity index (χ1v) is 11.6. The molecule has 1 aromatic heterocycles. The van der Waals surface area contributed by atoms with Gasteiger partial charge in [-0.1, -0.05) is 32.4 Å². The van der Waals surface area contributed by atoms with Crippen molar-refractivity contribution in [3.63, 3.8) is 0 Å². The second-order valence-electron chi connectivity index (χ2n) is 8.31. The highest BCUT2D eigenvalue weighted by Gasteiger charge is 2.38. The minimum atomic E-state index is -1.71. The number of hydrogen-bond donors (Lipinski definition) is 1. The molecule has 0 spiro atoms. The molecular weight excluding hydrogens is 320 g/mol. The molecule has 1 aliphatic rings. The Morgan fingerprint density at radius 1 is 1.38 bits per heavy atom. The molecule has 1 N–H and O–H groups in total. The molecule has 2 rings (SSSR count). The van der Waals surface area contributed by atoms with Crippen LogP contribution in [0.5, 0.6) is 0 Å². The van der Waals surface area contributed by atoms with Gasteiger partial charge in [0.2, 0.25) is 0 Å². The fourth-order valence-corrected chi connectivity index (χ4v) is 3.52. The molecule has 134 valence electrons. The third kappa shape index (κ3) is 4.16. The molecule has 1 saturated carbocycles. The SMILES string of the molecule is Cc1cn(C/C=C2\CCC2CO[Si](C)(C)C(C)(C)C)c(=O)[nH]c1=O. The summed E-state index contributed by atoms with van der Waals surface area (Å²) >= 11 is 0. The summed E-state index contributed by atoms with van der Waals surface area (Å²) < 4.78 is 7.87. The second-order valence-corrected chi connectivity index (χ2v) is 13.1. The van der Waals surface area contributed by atoms with Gasteiger partial charge in [0.05, 0.1) is 0 Å². The van der Waals surface area contributed by atoms with E-state index in [1.807, 2.05) is 0 Å². The Bertz CT molecular complexity index is 738. The van der Waals surface area contributed by atoms with E-state index >= 15 is 0 Å². The quantitative estimate of drug-likeness (QED) is 0.655. The first-order chi connectivity index (χ1) is 11.0. The predicted molar refractivity (Wildman–Crippen MR) is 100 cm³/mol. The molecule has 1 unspecified atom stereocenters. The lowest BCUT2D eigenvalue weighted by Crippen LogP contribution is -2.42. The van der Waals surface area contributed by atoms with E-state index in [9.17, 15) is 9.59 Å². The van der Waals surface area contributed by atoms with Crippen molar-refractivity contribution < 1.29 is 4.43 Å². The van der Waals surface area contributed by atoms with Gasteiger partial charge in [-0.3, -0.25) is 14.3 Å². The zero-order valence-corrected chi connectivity index (χ0v) is 16.7. The number of aryl methyl sites for hydroxylation is 1. The van der Waals surface area contributed by atoms with Crippen LogP contribution >= 0.6 is 0 Å². The fourth-order valence-electron chi connectivity index (χ4n) is 2.47. The maximum atomic E-state index is 11.8. The van der Waals surface area contributed by atoms with E-state index in [-0.39, 0.29) is 16.3 Å². The summed E-state index contributed by atoms with van der Waals surface area (Å²) in [5.74, 6) is 0.471. The van der Waals surface area contributed by atoms with E-state index < -0.39 is 8.32 Å². The third-order valence-corrected chi connectivity index (χ3v) is 10.00. The maximum Gasteiger partial charge on any atom is 0.328 e. The molecular formula is C18H30N2O3Si. The van der Waals surface area contributed by atoms with Crippen LogP contribution in [0.2, 0.25) is 18.1 Å². The average molecular weight is 351 g/mol. The molecule has 1 atom stereocenters. The molecule has 5 nitrogen and oxygen atoms in total. The van der Waals surface area contributed by atoms with Gasteiger partial charge in [0, 0.05) is 30.8 Å². The highest BCUT2D eigenvalue weighted by Crippen LogP contribution is 2.39. The molecule has 6 heteroatoms. The Morgan fingerprint density at radius 3 is 2.58 bits per heavy atom. The van der Waals surface area contributed by atoms with Crippen LogP contribution in [0.4, 0.5) is 0 Å². The van der Waals surface area contributed by atoms with Crippen molar-refractivity contribution in [2.45, 2.75) is 65.2 Å². The Labute approximate surface area is 144 Å².